The predicted molar refractivity (Wildman–Crippen MR) is 165 cm³/mol. The molecule has 2 aromatic carbocycles. The minimum atomic E-state index is -1.70. The molecule has 272 valence electrons. The lowest BCUT2D eigenvalue weighted by atomic mass is 9.93. The van der Waals surface area contributed by atoms with Gasteiger partial charge in [-0.1, -0.05) is 12.1 Å². The molecule has 4 N–H and O–H groups in total. The first-order valence-electron chi connectivity index (χ1n) is 14.6. The van der Waals surface area contributed by atoms with Crippen LogP contribution in [0.15, 0.2) is 99.2 Å². The monoisotopic (exact) mass is 728 g/mol. The van der Waals surface area contributed by atoms with Crippen molar-refractivity contribution in [2.45, 2.75) is 37.4 Å². The van der Waals surface area contributed by atoms with E-state index in [0.717, 1.165) is 24.3 Å². The Labute approximate surface area is 289 Å². The summed E-state index contributed by atoms with van der Waals surface area (Å²) in [5, 5.41) is 53.2. The Morgan fingerprint density at radius 1 is 0.558 bits per heavy atom. The molecule has 0 aliphatic rings. The second-order valence-electron chi connectivity index (χ2n) is 10.7. The number of carbonyl (C=O) groups is 2. The van der Waals surface area contributed by atoms with Gasteiger partial charge in [0.25, 0.3) is 0 Å². The Morgan fingerprint density at radius 3 is 1.06 bits per heavy atom. The molecule has 22 heteroatoms. The van der Waals surface area contributed by atoms with E-state index < -0.39 is 46.4 Å². The fourth-order valence-corrected chi connectivity index (χ4v) is 4.65. The number of aromatic nitrogens is 12. The highest BCUT2D eigenvalue weighted by Gasteiger charge is 2.35. The van der Waals surface area contributed by atoms with E-state index in [1.165, 1.54) is 81.5 Å². The lowest BCUT2D eigenvalue weighted by Crippen LogP contribution is -2.37. The molecule has 0 aliphatic carbocycles. The number of benzene rings is 2. The Balaban J connectivity index is 0.000000193. The quantitative estimate of drug-likeness (QED) is 0.102. The fourth-order valence-electron chi connectivity index (χ4n) is 4.65. The SMILES string of the molecule is O=C(O)/C=C/C(=O)O.OC(Cn1cncn1)(Cn1cncn1)c1ccc(F)cc1F.OC(Cn1cncn1)(Cn1cncn1)c1ccc(F)cc1F. The van der Waals surface area contributed by atoms with Gasteiger partial charge in [-0.3, -0.25) is 0 Å². The van der Waals surface area contributed by atoms with E-state index in [0.29, 0.717) is 12.2 Å². The summed E-state index contributed by atoms with van der Waals surface area (Å²) in [4.78, 5) is 34.3. The summed E-state index contributed by atoms with van der Waals surface area (Å²) in [6.45, 7) is -0.296. The second kappa shape index (κ2) is 17.3. The van der Waals surface area contributed by atoms with Crippen LogP contribution in [-0.2, 0) is 47.0 Å². The smallest absolute Gasteiger partial charge is 0.328 e. The van der Waals surface area contributed by atoms with Gasteiger partial charge in [-0.05, 0) is 12.1 Å². The van der Waals surface area contributed by atoms with Crippen LogP contribution in [0.3, 0.4) is 0 Å². The molecule has 4 aromatic heterocycles. The summed E-state index contributed by atoms with van der Waals surface area (Å²) in [6.07, 6.45) is 11.9. The number of halogens is 4. The lowest BCUT2D eigenvalue weighted by Gasteiger charge is -2.28. The number of carboxylic acid groups (broad SMARTS) is 2. The molecule has 6 aromatic rings. The van der Waals surface area contributed by atoms with Crippen molar-refractivity contribution in [1.29, 1.82) is 0 Å². The fraction of sp³-hybridized carbons (Fsp3) is 0.200. The van der Waals surface area contributed by atoms with Gasteiger partial charge in [-0.25, -0.2) is 65.8 Å². The molecule has 52 heavy (non-hydrogen) atoms. The van der Waals surface area contributed by atoms with E-state index in [1.807, 2.05) is 0 Å². The Kier molecular flexibility index (Phi) is 12.7. The first kappa shape index (κ1) is 38.1. The molecule has 18 nitrogen and oxygen atoms in total. The lowest BCUT2D eigenvalue weighted by molar-refractivity contribution is -0.134. The highest BCUT2D eigenvalue weighted by molar-refractivity contribution is 5.89. The zero-order chi connectivity index (χ0) is 37.7. The number of aliphatic hydroxyl groups is 2. The standard InChI is InChI=1S/2C13H12F2N6O.C4H4O4/c2*14-10-1-2-11(12(15)3-10)13(22,4-20-8-16-6-18-20)5-21-9-17-7-19-21;5-3(6)1-2-4(7)8/h2*1-3,6-9,22H,4-5H2;1-2H,(H,5,6)(H,7,8)/b;;2-1+. The molecule has 0 bridgehead atoms. The van der Waals surface area contributed by atoms with Crippen molar-refractivity contribution in [2.24, 2.45) is 0 Å². The molecule has 0 unspecified atom stereocenters. The molecule has 0 atom stereocenters. The summed E-state index contributed by atoms with van der Waals surface area (Å²) >= 11 is 0. The van der Waals surface area contributed by atoms with Gasteiger partial charge >= 0.3 is 11.9 Å². The maximum Gasteiger partial charge on any atom is 0.328 e. The van der Waals surface area contributed by atoms with Crippen molar-refractivity contribution in [2.75, 3.05) is 0 Å². The third-order valence-electron chi connectivity index (χ3n) is 6.79. The van der Waals surface area contributed by atoms with Gasteiger partial charge in [0.2, 0.25) is 0 Å². The van der Waals surface area contributed by atoms with Crippen LogP contribution < -0.4 is 0 Å². The van der Waals surface area contributed by atoms with Gasteiger partial charge in [0.15, 0.2) is 0 Å². The molecule has 0 aliphatic heterocycles. The number of hydrogen-bond acceptors (Lipinski definition) is 12. The van der Waals surface area contributed by atoms with Gasteiger partial charge in [-0.2, -0.15) is 20.4 Å². The number of aliphatic carboxylic acids is 2. The predicted octanol–water partition coefficient (Wildman–Crippen LogP) is 1.18. The van der Waals surface area contributed by atoms with Gasteiger partial charge in [0.1, 0.15) is 85.1 Å². The maximum absolute atomic E-state index is 14.1. The molecule has 0 spiro atoms. The van der Waals surface area contributed by atoms with Gasteiger partial charge in [0, 0.05) is 35.4 Å². The van der Waals surface area contributed by atoms with E-state index >= 15 is 0 Å². The highest BCUT2D eigenvalue weighted by Crippen LogP contribution is 2.29. The van der Waals surface area contributed by atoms with E-state index in [2.05, 4.69) is 40.3 Å². The molecule has 0 fully saturated rings. The molecular weight excluding hydrogens is 700 g/mol. The van der Waals surface area contributed by atoms with Crippen LogP contribution in [0.1, 0.15) is 11.1 Å². The molecular formula is C30H28F4N12O6. The zero-order valence-corrected chi connectivity index (χ0v) is 26.5. The third kappa shape index (κ3) is 10.9. The Hall–Kier alpha value is -6.68. The largest absolute Gasteiger partial charge is 0.478 e. The molecule has 0 saturated carbocycles. The van der Waals surface area contributed by atoms with Crippen molar-refractivity contribution in [3.63, 3.8) is 0 Å². The number of hydrogen-bond donors (Lipinski definition) is 4. The van der Waals surface area contributed by atoms with Crippen LogP contribution in [0, 0.1) is 23.3 Å². The van der Waals surface area contributed by atoms with Crippen molar-refractivity contribution in [3.05, 3.63) is 134 Å². The topological polar surface area (TPSA) is 238 Å². The van der Waals surface area contributed by atoms with Crippen molar-refractivity contribution in [1.82, 2.24) is 59.1 Å². The highest BCUT2D eigenvalue weighted by atomic mass is 19.1. The van der Waals surface area contributed by atoms with Gasteiger partial charge in [-0.15, -0.1) is 0 Å². The summed E-state index contributed by atoms with van der Waals surface area (Å²) in [7, 11) is 0. The van der Waals surface area contributed by atoms with E-state index in [9.17, 15) is 37.4 Å². The summed E-state index contributed by atoms with van der Waals surface area (Å²) in [5.74, 6) is -5.64. The average molecular weight is 729 g/mol. The first-order chi connectivity index (χ1) is 24.8. The number of nitrogens with zero attached hydrogens (tertiary/aromatic N) is 12. The summed E-state index contributed by atoms with van der Waals surface area (Å²) < 4.78 is 59.9. The van der Waals surface area contributed by atoms with Crippen LogP contribution in [0.25, 0.3) is 0 Å². The van der Waals surface area contributed by atoms with E-state index in [-0.39, 0.29) is 37.3 Å². The van der Waals surface area contributed by atoms with Crippen LogP contribution in [0.4, 0.5) is 17.6 Å². The summed E-state index contributed by atoms with van der Waals surface area (Å²) in [6, 6.07) is 6.04. The van der Waals surface area contributed by atoms with Crippen molar-refractivity contribution >= 4 is 11.9 Å². The molecule has 0 radical (unpaired) electrons. The molecule has 4 heterocycles. The van der Waals surface area contributed by atoms with E-state index in [1.54, 1.807) is 0 Å². The molecule has 6 rings (SSSR count). The molecule has 0 amide bonds. The van der Waals surface area contributed by atoms with Crippen LogP contribution in [0.5, 0.6) is 0 Å². The van der Waals surface area contributed by atoms with Gasteiger partial charge in [0.05, 0.1) is 26.2 Å². The normalized spacial score (nSPS) is 11.4. The average Bonchev–Trinajstić information content (AvgIpc) is 3.91. The Morgan fingerprint density at radius 2 is 0.846 bits per heavy atom. The third-order valence-corrected chi connectivity index (χ3v) is 6.79. The minimum absolute atomic E-state index is 0.0556. The van der Waals surface area contributed by atoms with Crippen LogP contribution >= 0.6 is 0 Å². The first-order valence-corrected chi connectivity index (χ1v) is 14.6. The zero-order valence-electron chi connectivity index (χ0n) is 26.5. The Bertz CT molecular complexity index is 1830. The number of rotatable bonds is 12. The maximum atomic E-state index is 14.1. The summed E-state index contributed by atoms with van der Waals surface area (Å²) in [5.41, 5.74) is -3.50. The minimum Gasteiger partial charge on any atom is -0.478 e. The van der Waals surface area contributed by atoms with Crippen LogP contribution in [0.2, 0.25) is 0 Å². The molecule has 0 saturated heterocycles. The van der Waals surface area contributed by atoms with Crippen molar-refractivity contribution in [3.8, 4) is 0 Å². The number of carboxylic acids is 2. The second-order valence-corrected chi connectivity index (χ2v) is 10.7. The van der Waals surface area contributed by atoms with Crippen LogP contribution in [-0.4, -0.2) is 91.4 Å². The van der Waals surface area contributed by atoms with Crippen molar-refractivity contribution < 1.29 is 47.6 Å². The van der Waals surface area contributed by atoms with Gasteiger partial charge < -0.3 is 20.4 Å². The van der Waals surface area contributed by atoms with E-state index in [4.69, 9.17) is 10.2 Å².